The van der Waals surface area contributed by atoms with Gasteiger partial charge in [-0.2, -0.15) is 0 Å². The van der Waals surface area contributed by atoms with Crippen LogP contribution in [0, 0.1) is 6.92 Å². The number of fused-ring (bicyclic) bond motifs is 1. The molecule has 2 aromatic carbocycles. The van der Waals surface area contributed by atoms with E-state index in [1.807, 2.05) is 28.8 Å². The summed E-state index contributed by atoms with van der Waals surface area (Å²) in [4.78, 5) is 4.57. The minimum absolute atomic E-state index is 0.340. The third kappa shape index (κ3) is 2.34. The standard InChI is InChI=1S/C15H11BrCl2N2/c1-9-2-4-11(16)13(6-9)20-14-7-10(18)3-5-12(14)19-15(20)8-17/h2-7H,8H2,1H3. The van der Waals surface area contributed by atoms with Gasteiger partial charge in [-0.1, -0.05) is 17.7 Å². The summed E-state index contributed by atoms with van der Waals surface area (Å²) in [6.45, 7) is 2.06. The summed E-state index contributed by atoms with van der Waals surface area (Å²) in [7, 11) is 0. The number of rotatable bonds is 2. The molecule has 1 heterocycles. The SMILES string of the molecule is Cc1ccc(Br)c(-n2c(CCl)nc3ccc(Cl)cc32)c1. The van der Waals surface area contributed by atoms with E-state index in [9.17, 15) is 0 Å². The van der Waals surface area contributed by atoms with Gasteiger partial charge in [0.05, 0.1) is 22.6 Å². The Morgan fingerprint density at radius 2 is 2.00 bits per heavy atom. The summed E-state index contributed by atoms with van der Waals surface area (Å²) in [6, 6.07) is 11.8. The summed E-state index contributed by atoms with van der Waals surface area (Å²) in [6.07, 6.45) is 0. The van der Waals surface area contributed by atoms with E-state index < -0.39 is 0 Å². The lowest BCUT2D eigenvalue weighted by Gasteiger charge is -2.11. The fourth-order valence-corrected chi connectivity index (χ4v) is 3.02. The number of imidazole rings is 1. The number of hydrogen-bond donors (Lipinski definition) is 0. The van der Waals surface area contributed by atoms with Gasteiger partial charge in [-0.25, -0.2) is 4.98 Å². The maximum Gasteiger partial charge on any atom is 0.129 e. The molecule has 3 aromatic rings. The van der Waals surface area contributed by atoms with E-state index >= 15 is 0 Å². The van der Waals surface area contributed by atoms with E-state index in [1.165, 1.54) is 5.56 Å². The van der Waals surface area contributed by atoms with Crippen LogP contribution in [-0.4, -0.2) is 9.55 Å². The van der Waals surface area contributed by atoms with Crippen molar-refractivity contribution < 1.29 is 0 Å². The highest BCUT2D eigenvalue weighted by Gasteiger charge is 2.14. The number of benzene rings is 2. The molecule has 0 saturated carbocycles. The summed E-state index contributed by atoms with van der Waals surface area (Å²) >= 11 is 15.8. The lowest BCUT2D eigenvalue weighted by atomic mass is 10.2. The van der Waals surface area contributed by atoms with Gasteiger partial charge in [-0.15, -0.1) is 11.6 Å². The van der Waals surface area contributed by atoms with Crippen LogP contribution in [0.4, 0.5) is 0 Å². The Kier molecular flexibility index (Phi) is 3.76. The molecule has 2 nitrogen and oxygen atoms in total. The van der Waals surface area contributed by atoms with Crippen LogP contribution in [0.25, 0.3) is 16.7 Å². The predicted octanol–water partition coefficient (Wildman–Crippen LogP) is 5.49. The van der Waals surface area contributed by atoms with Gasteiger partial charge in [0, 0.05) is 9.50 Å². The molecule has 3 rings (SSSR count). The zero-order valence-electron chi connectivity index (χ0n) is 10.7. The Morgan fingerprint density at radius 3 is 2.75 bits per heavy atom. The van der Waals surface area contributed by atoms with Crippen molar-refractivity contribution in [3.63, 3.8) is 0 Å². The first kappa shape index (κ1) is 13.9. The van der Waals surface area contributed by atoms with Gasteiger partial charge < -0.3 is 0 Å². The van der Waals surface area contributed by atoms with Crippen molar-refractivity contribution in [1.82, 2.24) is 9.55 Å². The zero-order chi connectivity index (χ0) is 14.3. The summed E-state index contributed by atoms with van der Waals surface area (Å²) in [5.41, 5.74) is 4.04. The number of aryl methyl sites for hydroxylation is 1. The van der Waals surface area contributed by atoms with Crippen molar-refractivity contribution in [3.05, 3.63) is 57.3 Å². The molecule has 0 N–H and O–H groups in total. The first-order valence-electron chi connectivity index (χ1n) is 6.09. The molecule has 0 fully saturated rings. The minimum Gasteiger partial charge on any atom is -0.294 e. The van der Waals surface area contributed by atoms with E-state index in [1.54, 1.807) is 0 Å². The molecule has 0 unspecified atom stereocenters. The summed E-state index contributed by atoms with van der Waals surface area (Å²) in [5.74, 6) is 1.14. The number of halogens is 3. The van der Waals surface area contributed by atoms with E-state index in [4.69, 9.17) is 23.2 Å². The third-order valence-corrected chi connectivity index (χ3v) is 4.29. The molecule has 20 heavy (non-hydrogen) atoms. The fraction of sp³-hybridized carbons (Fsp3) is 0.133. The average Bonchev–Trinajstić information content (AvgIpc) is 2.79. The highest BCUT2D eigenvalue weighted by atomic mass is 79.9. The van der Waals surface area contributed by atoms with Gasteiger partial charge in [0.1, 0.15) is 5.82 Å². The fourth-order valence-electron chi connectivity index (χ4n) is 2.25. The molecule has 0 aliphatic heterocycles. The molecular weight excluding hydrogens is 359 g/mol. The molecule has 5 heteroatoms. The van der Waals surface area contributed by atoms with Gasteiger partial charge in [0.25, 0.3) is 0 Å². The van der Waals surface area contributed by atoms with Crippen LogP contribution in [0.5, 0.6) is 0 Å². The highest BCUT2D eigenvalue weighted by molar-refractivity contribution is 9.10. The van der Waals surface area contributed by atoms with Crippen LogP contribution in [0.15, 0.2) is 40.9 Å². The quantitative estimate of drug-likeness (QED) is 0.546. The summed E-state index contributed by atoms with van der Waals surface area (Å²) < 4.78 is 3.04. The van der Waals surface area contributed by atoms with Gasteiger partial charge in [0.15, 0.2) is 0 Å². The van der Waals surface area contributed by atoms with Gasteiger partial charge >= 0.3 is 0 Å². The minimum atomic E-state index is 0.340. The van der Waals surface area contributed by atoms with Crippen molar-refractivity contribution in [2.24, 2.45) is 0 Å². The molecule has 0 bridgehead atoms. The molecule has 0 aliphatic rings. The monoisotopic (exact) mass is 368 g/mol. The Morgan fingerprint density at radius 1 is 1.20 bits per heavy atom. The zero-order valence-corrected chi connectivity index (χ0v) is 13.8. The van der Waals surface area contributed by atoms with Crippen LogP contribution in [0.1, 0.15) is 11.4 Å². The number of hydrogen-bond acceptors (Lipinski definition) is 1. The number of alkyl halides is 1. The molecule has 1 aromatic heterocycles. The topological polar surface area (TPSA) is 17.8 Å². The van der Waals surface area contributed by atoms with Crippen molar-refractivity contribution in [3.8, 4) is 5.69 Å². The van der Waals surface area contributed by atoms with Crippen LogP contribution in [0.2, 0.25) is 5.02 Å². The second-order valence-corrected chi connectivity index (χ2v) is 6.14. The predicted molar refractivity (Wildman–Crippen MR) is 88.1 cm³/mol. The largest absolute Gasteiger partial charge is 0.294 e. The molecule has 0 spiro atoms. The highest BCUT2D eigenvalue weighted by Crippen LogP contribution is 2.30. The Hall–Kier alpha value is -1.03. The van der Waals surface area contributed by atoms with Crippen LogP contribution >= 0.6 is 39.1 Å². The van der Waals surface area contributed by atoms with Crippen molar-refractivity contribution in [2.75, 3.05) is 0 Å². The molecule has 0 atom stereocenters. The Bertz CT molecular complexity index is 796. The second-order valence-electron chi connectivity index (χ2n) is 4.58. The molecule has 0 saturated heterocycles. The first-order chi connectivity index (χ1) is 9.60. The van der Waals surface area contributed by atoms with Crippen molar-refractivity contribution >= 4 is 50.2 Å². The maximum atomic E-state index is 6.12. The molecule has 0 amide bonds. The van der Waals surface area contributed by atoms with Crippen molar-refractivity contribution in [1.29, 1.82) is 0 Å². The van der Waals surface area contributed by atoms with Gasteiger partial charge in [-0.05, 0) is 58.7 Å². The number of nitrogens with zero attached hydrogens (tertiary/aromatic N) is 2. The summed E-state index contributed by atoms with van der Waals surface area (Å²) in [5, 5.41) is 0.684. The molecule has 0 radical (unpaired) electrons. The third-order valence-electron chi connectivity index (χ3n) is 3.15. The van der Waals surface area contributed by atoms with Crippen LogP contribution in [0.3, 0.4) is 0 Å². The van der Waals surface area contributed by atoms with E-state index in [0.717, 1.165) is 27.0 Å². The van der Waals surface area contributed by atoms with E-state index in [-0.39, 0.29) is 0 Å². The first-order valence-corrected chi connectivity index (χ1v) is 7.80. The number of aromatic nitrogens is 2. The van der Waals surface area contributed by atoms with E-state index in [0.29, 0.717) is 10.9 Å². The maximum absolute atomic E-state index is 6.12. The Labute approximate surface area is 135 Å². The lowest BCUT2D eigenvalue weighted by Crippen LogP contribution is -2.00. The lowest BCUT2D eigenvalue weighted by molar-refractivity contribution is 0.975. The van der Waals surface area contributed by atoms with Crippen LogP contribution in [-0.2, 0) is 5.88 Å². The molecule has 0 aliphatic carbocycles. The second kappa shape index (κ2) is 5.40. The smallest absolute Gasteiger partial charge is 0.129 e. The molecule has 102 valence electrons. The molecular formula is C15H11BrCl2N2. The van der Waals surface area contributed by atoms with E-state index in [2.05, 4.69) is 40.0 Å². The van der Waals surface area contributed by atoms with Crippen molar-refractivity contribution in [2.45, 2.75) is 12.8 Å². The van der Waals surface area contributed by atoms with Gasteiger partial charge in [-0.3, -0.25) is 4.57 Å². The van der Waals surface area contributed by atoms with Gasteiger partial charge in [0.2, 0.25) is 0 Å². The van der Waals surface area contributed by atoms with Crippen LogP contribution < -0.4 is 0 Å². The normalized spacial score (nSPS) is 11.2. The average molecular weight is 370 g/mol. The Balaban J connectivity index is 2.39.